The summed E-state index contributed by atoms with van der Waals surface area (Å²) in [4.78, 5) is 23.6. The van der Waals surface area contributed by atoms with E-state index in [1.807, 2.05) is 24.3 Å². The quantitative estimate of drug-likeness (QED) is 0.332. The first-order valence-electron chi connectivity index (χ1n) is 6.62. The van der Waals surface area contributed by atoms with Crippen LogP contribution in [0.2, 0.25) is 5.02 Å². The maximum atomic E-state index is 11.8. The first-order valence-corrected chi connectivity index (χ1v) is 8.08. The van der Waals surface area contributed by atoms with Crippen molar-refractivity contribution in [3.63, 3.8) is 0 Å². The van der Waals surface area contributed by atoms with E-state index >= 15 is 0 Å². The molecule has 0 saturated heterocycles. The van der Waals surface area contributed by atoms with Crippen molar-refractivity contribution < 1.29 is 9.59 Å². The number of carbonyl (C=O) groups excluding carboxylic acids is 2. The molecule has 0 heterocycles. The third-order valence-electron chi connectivity index (χ3n) is 2.95. The molecule has 5 nitrogen and oxygen atoms in total. The minimum Gasteiger partial charge on any atom is -0.317 e. The second-order valence-corrected chi connectivity index (χ2v) is 6.27. The van der Waals surface area contributed by atoms with Gasteiger partial charge in [0.1, 0.15) is 0 Å². The first-order chi connectivity index (χ1) is 11.0. The Kier molecular flexibility index (Phi) is 6.12. The van der Waals surface area contributed by atoms with E-state index < -0.39 is 11.8 Å². The normalized spacial score (nSPS) is 10.6. The molecule has 0 saturated carbocycles. The topological polar surface area (TPSA) is 70.6 Å². The molecule has 2 aromatic carbocycles. The fourth-order valence-corrected chi connectivity index (χ4v) is 2.47. The standard InChI is InChI=1S/C16H13ClIN3O2/c1-10-13(17)6-3-7-14(10)20-15(22)16(23)21-19-9-11-4-2-5-12(18)8-11/h2-9H,1H3,(H,20,22)(H,21,23). The van der Waals surface area contributed by atoms with Gasteiger partial charge in [0.05, 0.1) is 6.21 Å². The number of hydrogen-bond donors (Lipinski definition) is 2. The molecule has 0 aliphatic rings. The van der Waals surface area contributed by atoms with Gasteiger partial charge in [-0.15, -0.1) is 0 Å². The Labute approximate surface area is 152 Å². The maximum Gasteiger partial charge on any atom is 0.329 e. The molecule has 118 valence electrons. The Morgan fingerprint density at radius 3 is 2.65 bits per heavy atom. The molecule has 0 bridgehead atoms. The highest BCUT2D eigenvalue weighted by Gasteiger charge is 2.14. The van der Waals surface area contributed by atoms with E-state index in [-0.39, 0.29) is 0 Å². The Morgan fingerprint density at radius 2 is 1.91 bits per heavy atom. The number of amides is 2. The molecule has 0 aromatic heterocycles. The second kappa shape index (κ2) is 8.07. The molecule has 2 amide bonds. The minimum absolute atomic E-state index is 0.485. The Balaban J connectivity index is 1.95. The monoisotopic (exact) mass is 441 g/mol. The van der Waals surface area contributed by atoms with Gasteiger partial charge in [-0.2, -0.15) is 5.10 Å². The summed E-state index contributed by atoms with van der Waals surface area (Å²) < 4.78 is 1.05. The molecule has 0 spiro atoms. The van der Waals surface area contributed by atoms with E-state index in [0.29, 0.717) is 16.3 Å². The summed E-state index contributed by atoms with van der Waals surface area (Å²) in [6.07, 6.45) is 1.47. The van der Waals surface area contributed by atoms with E-state index in [2.05, 4.69) is 38.4 Å². The van der Waals surface area contributed by atoms with Gasteiger partial charge in [-0.3, -0.25) is 9.59 Å². The SMILES string of the molecule is Cc1c(Cl)cccc1NC(=O)C(=O)NN=Cc1cccc(I)c1. The molecular weight excluding hydrogens is 429 g/mol. The van der Waals surface area contributed by atoms with E-state index in [4.69, 9.17) is 11.6 Å². The van der Waals surface area contributed by atoms with Crippen LogP contribution in [0.5, 0.6) is 0 Å². The lowest BCUT2D eigenvalue weighted by Crippen LogP contribution is -2.32. The fourth-order valence-electron chi connectivity index (χ4n) is 1.73. The molecule has 23 heavy (non-hydrogen) atoms. The highest BCUT2D eigenvalue weighted by atomic mass is 127. The lowest BCUT2D eigenvalue weighted by molar-refractivity contribution is -0.136. The summed E-state index contributed by atoms with van der Waals surface area (Å²) in [6, 6.07) is 12.6. The molecule has 0 fully saturated rings. The van der Waals surface area contributed by atoms with Gasteiger partial charge in [0, 0.05) is 14.3 Å². The third-order valence-corrected chi connectivity index (χ3v) is 4.03. The van der Waals surface area contributed by atoms with Gasteiger partial charge in [-0.1, -0.05) is 29.8 Å². The van der Waals surface area contributed by atoms with Crippen molar-refractivity contribution in [1.82, 2.24) is 5.43 Å². The van der Waals surface area contributed by atoms with Gasteiger partial charge in [-0.05, 0) is 64.9 Å². The Bertz CT molecular complexity index is 778. The van der Waals surface area contributed by atoms with Gasteiger partial charge in [0.2, 0.25) is 0 Å². The smallest absolute Gasteiger partial charge is 0.317 e. The number of nitrogens with one attached hydrogen (secondary N) is 2. The number of halogens is 2. The Hall–Kier alpha value is -1.93. The number of nitrogens with zero attached hydrogens (tertiary/aromatic N) is 1. The molecule has 0 aliphatic carbocycles. The lowest BCUT2D eigenvalue weighted by atomic mass is 10.2. The molecule has 0 radical (unpaired) electrons. The molecule has 0 atom stereocenters. The van der Waals surface area contributed by atoms with Gasteiger partial charge < -0.3 is 5.32 Å². The predicted octanol–water partition coefficient (Wildman–Crippen LogP) is 3.34. The maximum absolute atomic E-state index is 11.8. The van der Waals surface area contributed by atoms with Crippen LogP contribution in [0.1, 0.15) is 11.1 Å². The van der Waals surface area contributed by atoms with E-state index in [1.165, 1.54) is 6.21 Å². The van der Waals surface area contributed by atoms with Crippen LogP contribution in [0.15, 0.2) is 47.6 Å². The lowest BCUT2D eigenvalue weighted by Gasteiger charge is -2.08. The summed E-state index contributed by atoms with van der Waals surface area (Å²) in [7, 11) is 0. The molecule has 7 heteroatoms. The zero-order valence-corrected chi connectivity index (χ0v) is 15.1. The number of carbonyl (C=O) groups is 2. The van der Waals surface area contributed by atoms with Crippen molar-refractivity contribution >= 4 is 57.9 Å². The van der Waals surface area contributed by atoms with Crippen LogP contribution in [0.3, 0.4) is 0 Å². The molecule has 2 rings (SSSR count). The summed E-state index contributed by atoms with van der Waals surface area (Å²) in [5.74, 6) is -1.67. The van der Waals surface area contributed by atoms with Crippen LogP contribution in [-0.2, 0) is 9.59 Å². The van der Waals surface area contributed by atoms with Gasteiger partial charge in [0.25, 0.3) is 0 Å². The van der Waals surface area contributed by atoms with E-state index in [9.17, 15) is 9.59 Å². The minimum atomic E-state index is -0.855. The number of rotatable bonds is 3. The van der Waals surface area contributed by atoms with Crippen LogP contribution in [0.25, 0.3) is 0 Å². The van der Waals surface area contributed by atoms with Crippen molar-refractivity contribution in [3.05, 3.63) is 62.2 Å². The zero-order chi connectivity index (χ0) is 16.8. The van der Waals surface area contributed by atoms with E-state index in [1.54, 1.807) is 25.1 Å². The first kappa shape index (κ1) is 17.4. The van der Waals surface area contributed by atoms with Crippen molar-refractivity contribution in [2.75, 3.05) is 5.32 Å². The van der Waals surface area contributed by atoms with Gasteiger partial charge in [-0.25, -0.2) is 5.43 Å². The van der Waals surface area contributed by atoms with Crippen LogP contribution >= 0.6 is 34.2 Å². The number of anilines is 1. The second-order valence-electron chi connectivity index (χ2n) is 4.62. The average molecular weight is 442 g/mol. The van der Waals surface area contributed by atoms with Crippen molar-refractivity contribution in [1.29, 1.82) is 0 Å². The highest BCUT2D eigenvalue weighted by molar-refractivity contribution is 14.1. The van der Waals surface area contributed by atoms with Crippen LogP contribution in [0, 0.1) is 10.5 Å². The van der Waals surface area contributed by atoms with E-state index in [0.717, 1.165) is 9.13 Å². The molecule has 0 unspecified atom stereocenters. The molecule has 2 aromatic rings. The summed E-state index contributed by atoms with van der Waals surface area (Å²) in [5.41, 5.74) is 4.19. The van der Waals surface area contributed by atoms with Crippen LogP contribution in [-0.4, -0.2) is 18.0 Å². The van der Waals surface area contributed by atoms with Crippen LogP contribution in [0.4, 0.5) is 5.69 Å². The highest BCUT2D eigenvalue weighted by Crippen LogP contribution is 2.22. The third kappa shape index (κ3) is 5.04. The van der Waals surface area contributed by atoms with Gasteiger partial charge >= 0.3 is 11.8 Å². The Morgan fingerprint density at radius 1 is 1.17 bits per heavy atom. The predicted molar refractivity (Wildman–Crippen MR) is 99.7 cm³/mol. The van der Waals surface area contributed by atoms with Crippen molar-refractivity contribution in [2.45, 2.75) is 6.92 Å². The van der Waals surface area contributed by atoms with Crippen molar-refractivity contribution in [2.24, 2.45) is 5.10 Å². The number of hydrazone groups is 1. The average Bonchev–Trinajstić information content (AvgIpc) is 2.51. The van der Waals surface area contributed by atoms with Crippen LogP contribution < -0.4 is 10.7 Å². The summed E-state index contributed by atoms with van der Waals surface area (Å²) in [5, 5.41) is 6.78. The number of hydrogen-bond acceptors (Lipinski definition) is 3. The van der Waals surface area contributed by atoms with Gasteiger partial charge in [0.15, 0.2) is 0 Å². The number of benzene rings is 2. The molecule has 2 N–H and O–H groups in total. The fraction of sp³-hybridized carbons (Fsp3) is 0.0625. The van der Waals surface area contributed by atoms with Crippen molar-refractivity contribution in [3.8, 4) is 0 Å². The largest absolute Gasteiger partial charge is 0.329 e. The molecule has 0 aliphatic heterocycles. The zero-order valence-electron chi connectivity index (χ0n) is 12.1. The summed E-state index contributed by atoms with van der Waals surface area (Å²) in [6.45, 7) is 1.75. The summed E-state index contributed by atoms with van der Waals surface area (Å²) >= 11 is 8.14. The molecular formula is C16H13ClIN3O2.